The highest BCUT2D eigenvalue weighted by Gasteiger charge is 2.32. The van der Waals surface area contributed by atoms with Crippen molar-refractivity contribution in [1.29, 1.82) is 0 Å². The Morgan fingerprint density at radius 3 is 2.53 bits per heavy atom. The molecular formula is C13H27NO. The molecule has 1 rings (SSSR count). The molecule has 0 unspecified atom stereocenters. The van der Waals surface area contributed by atoms with Crippen LogP contribution in [-0.2, 0) is 0 Å². The van der Waals surface area contributed by atoms with Gasteiger partial charge in [-0.3, -0.25) is 0 Å². The molecule has 2 nitrogen and oxygen atoms in total. The molecule has 3 atom stereocenters. The van der Waals surface area contributed by atoms with Crippen LogP contribution in [-0.4, -0.2) is 23.8 Å². The van der Waals surface area contributed by atoms with E-state index in [2.05, 4.69) is 33.0 Å². The quantitative estimate of drug-likeness (QED) is 0.752. The van der Waals surface area contributed by atoms with E-state index < -0.39 is 0 Å². The molecule has 0 radical (unpaired) electrons. The van der Waals surface area contributed by atoms with Crippen LogP contribution in [0.5, 0.6) is 0 Å². The number of aliphatic hydroxyl groups is 1. The standard InChI is InChI=1S/C13H27NO/c1-5-11(9-15)14-12-6-10(2)7-13(3,4)8-12/h10-12,14-15H,5-9H2,1-4H3/t10-,11+,12-/m0/s1. The predicted molar refractivity (Wildman–Crippen MR) is 64.9 cm³/mol. The number of aliphatic hydroxyl groups excluding tert-OH is 1. The van der Waals surface area contributed by atoms with E-state index in [0.717, 1.165) is 12.3 Å². The average molecular weight is 213 g/mol. The van der Waals surface area contributed by atoms with Crippen LogP contribution in [0.4, 0.5) is 0 Å². The second kappa shape index (κ2) is 5.31. The first-order valence-electron chi connectivity index (χ1n) is 6.33. The van der Waals surface area contributed by atoms with Crippen LogP contribution in [0.2, 0.25) is 0 Å². The van der Waals surface area contributed by atoms with Gasteiger partial charge in [-0.2, -0.15) is 0 Å². The molecule has 1 aliphatic rings. The van der Waals surface area contributed by atoms with Gasteiger partial charge in [0.25, 0.3) is 0 Å². The summed E-state index contributed by atoms with van der Waals surface area (Å²) < 4.78 is 0. The Balaban J connectivity index is 2.47. The van der Waals surface area contributed by atoms with Crippen LogP contribution in [0.15, 0.2) is 0 Å². The highest BCUT2D eigenvalue weighted by molar-refractivity contribution is 4.87. The lowest BCUT2D eigenvalue weighted by Crippen LogP contribution is -2.46. The molecule has 0 amide bonds. The lowest BCUT2D eigenvalue weighted by atomic mass is 9.70. The first-order valence-corrected chi connectivity index (χ1v) is 6.33. The van der Waals surface area contributed by atoms with Crippen molar-refractivity contribution in [2.45, 2.75) is 65.5 Å². The zero-order valence-corrected chi connectivity index (χ0v) is 10.7. The maximum absolute atomic E-state index is 9.19. The Morgan fingerprint density at radius 2 is 2.07 bits per heavy atom. The maximum atomic E-state index is 9.19. The molecule has 1 aliphatic carbocycles. The van der Waals surface area contributed by atoms with Gasteiger partial charge in [-0.25, -0.2) is 0 Å². The predicted octanol–water partition coefficient (Wildman–Crippen LogP) is 2.56. The van der Waals surface area contributed by atoms with Crippen molar-refractivity contribution in [1.82, 2.24) is 5.32 Å². The van der Waals surface area contributed by atoms with Crippen LogP contribution >= 0.6 is 0 Å². The molecule has 90 valence electrons. The SMILES string of the molecule is CC[C@H](CO)N[C@H]1C[C@H](C)CC(C)(C)C1. The molecule has 0 aliphatic heterocycles. The molecule has 1 fully saturated rings. The second-order valence-corrected chi connectivity index (χ2v) is 6.06. The highest BCUT2D eigenvalue weighted by Crippen LogP contribution is 2.38. The van der Waals surface area contributed by atoms with Gasteiger partial charge in [0.05, 0.1) is 6.61 Å². The Kier molecular flexibility index (Phi) is 4.60. The fourth-order valence-electron chi connectivity index (χ4n) is 3.11. The van der Waals surface area contributed by atoms with Crippen LogP contribution in [0.1, 0.15) is 53.4 Å². The van der Waals surface area contributed by atoms with Gasteiger partial charge in [0, 0.05) is 12.1 Å². The lowest BCUT2D eigenvalue weighted by molar-refractivity contribution is 0.131. The fourth-order valence-corrected chi connectivity index (χ4v) is 3.11. The Hall–Kier alpha value is -0.0800. The van der Waals surface area contributed by atoms with E-state index in [9.17, 15) is 5.11 Å². The van der Waals surface area contributed by atoms with Crippen molar-refractivity contribution in [3.05, 3.63) is 0 Å². The van der Waals surface area contributed by atoms with Crippen molar-refractivity contribution < 1.29 is 5.11 Å². The van der Waals surface area contributed by atoms with Crippen molar-refractivity contribution in [2.24, 2.45) is 11.3 Å². The summed E-state index contributed by atoms with van der Waals surface area (Å²) in [7, 11) is 0. The Labute approximate surface area is 94.5 Å². The first-order chi connectivity index (χ1) is 6.96. The molecular weight excluding hydrogens is 186 g/mol. The summed E-state index contributed by atoms with van der Waals surface area (Å²) in [5.74, 6) is 0.808. The molecule has 2 heteroatoms. The Bertz CT molecular complexity index is 187. The molecule has 2 N–H and O–H groups in total. The van der Waals surface area contributed by atoms with Crippen LogP contribution in [0, 0.1) is 11.3 Å². The van der Waals surface area contributed by atoms with E-state index in [1.54, 1.807) is 0 Å². The summed E-state index contributed by atoms with van der Waals surface area (Å²) >= 11 is 0. The molecule has 0 aromatic rings. The van der Waals surface area contributed by atoms with Crippen LogP contribution < -0.4 is 5.32 Å². The van der Waals surface area contributed by atoms with Crippen molar-refractivity contribution in [3.8, 4) is 0 Å². The van der Waals surface area contributed by atoms with Gasteiger partial charge in [-0.1, -0.05) is 27.7 Å². The highest BCUT2D eigenvalue weighted by atomic mass is 16.3. The summed E-state index contributed by atoms with van der Waals surface area (Å²) in [6.45, 7) is 9.46. The number of hydrogen-bond acceptors (Lipinski definition) is 2. The third-order valence-corrected chi connectivity index (χ3v) is 3.57. The topological polar surface area (TPSA) is 32.3 Å². The fraction of sp³-hybridized carbons (Fsp3) is 1.00. The molecule has 0 bridgehead atoms. The summed E-state index contributed by atoms with van der Waals surface area (Å²) in [6.07, 6.45) is 4.86. The molecule has 0 aromatic heterocycles. The van der Waals surface area contributed by atoms with E-state index in [1.807, 2.05) is 0 Å². The number of nitrogens with one attached hydrogen (secondary N) is 1. The minimum atomic E-state index is 0.266. The molecule has 0 spiro atoms. The van der Waals surface area contributed by atoms with Crippen molar-refractivity contribution >= 4 is 0 Å². The summed E-state index contributed by atoms with van der Waals surface area (Å²) in [5, 5.41) is 12.8. The molecule has 0 aromatic carbocycles. The number of hydrogen-bond donors (Lipinski definition) is 2. The summed E-state index contributed by atoms with van der Waals surface area (Å²) in [4.78, 5) is 0. The third kappa shape index (κ3) is 4.12. The summed E-state index contributed by atoms with van der Waals surface area (Å²) in [6, 6.07) is 0.886. The van der Waals surface area contributed by atoms with Crippen molar-refractivity contribution in [3.63, 3.8) is 0 Å². The van der Waals surface area contributed by atoms with Gasteiger partial charge >= 0.3 is 0 Å². The molecule has 0 heterocycles. The van der Waals surface area contributed by atoms with Crippen LogP contribution in [0.3, 0.4) is 0 Å². The maximum Gasteiger partial charge on any atom is 0.0584 e. The second-order valence-electron chi connectivity index (χ2n) is 6.06. The first kappa shape index (κ1) is 13.0. The van der Waals surface area contributed by atoms with Crippen LogP contribution in [0.25, 0.3) is 0 Å². The van der Waals surface area contributed by atoms with E-state index in [-0.39, 0.29) is 12.6 Å². The largest absolute Gasteiger partial charge is 0.395 e. The van der Waals surface area contributed by atoms with E-state index in [4.69, 9.17) is 0 Å². The zero-order valence-electron chi connectivity index (χ0n) is 10.7. The van der Waals surface area contributed by atoms with Gasteiger partial charge in [0.1, 0.15) is 0 Å². The molecule has 1 saturated carbocycles. The smallest absolute Gasteiger partial charge is 0.0584 e. The van der Waals surface area contributed by atoms with E-state index in [0.29, 0.717) is 11.5 Å². The van der Waals surface area contributed by atoms with E-state index in [1.165, 1.54) is 19.3 Å². The minimum Gasteiger partial charge on any atom is -0.395 e. The average Bonchev–Trinajstić information content (AvgIpc) is 2.10. The molecule has 0 saturated heterocycles. The molecule has 15 heavy (non-hydrogen) atoms. The monoisotopic (exact) mass is 213 g/mol. The van der Waals surface area contributed by atoms with Gasteiger partial charge in [-0.15, -0.1) is 0 Å². The van der Waals surface area contributed by atoms with Gasteiger partial charge in [0.15, 0.2) is 0 Å². The van der Waals surface area contributed by atoms with Gasteiger partial charge in [0.2, 0.25) is 0 Å². The minimum absolute atomic E-state index is 0.266. The lowest BCUT2D eigenvalue weighted by Gasteiger charge is -2.40. The third-order valence-electron chi connectivity index (χ3n) is 3.57. The number of rotatable bonds is 4. The van der Waals surface area contributed by atoms with Gasteiger partial charge in [-0.05, 0) is 37.0 Å². The van der Waals surface area contributed by atoms with Gasteiger partial charge < -0.3 is 10.4 Å². The Morgan fingerprint density at radius 1 is 1.40 bits per heavy atom. The summed E-state index contributed by atoms with van der Waals surface area (Å²) in [5.41, 5.74) is 0.461. The van der Waals surface area contributed by atoms with E-state index >= 15 is 0 Å². The zero-order chi connectivity index (χ0) is 11.5. The van der Waals surface area contributed by atoms with Crippen molar-refractivity contribution in [2.75, 3.05) is 6.61 Å². The normalized spacial score (nSPS) is 32.6.